The molecule has 0 spiro atoms. The molecule has 1 aromatic carbocycles. The van der Waals surface area contributed by atoms with Crippen LogP contribution in [0.1, 0.15) is 25.3 Å². The van der Waals surface area contributed by atoms with E-state index in [1.54, 1.807) is 6.07 Å². The van der Waals surface area contributed by atoms with Crippen molar-refractivity contribution in [3.05, 3.63) is 28.8 Å². The molecule has 0 saturated carbocycles. The summed E-state index contributed by atoms with van der Waals surface area (Å²) in [5, 5.41) is 0.518. The third kappa shape index (κ3) is 3.96. The van der Waals surface area contributed by atoms with Gasteiger partial charge in [-0.1, -0.05) is 31.5 Å². The highest BCUT2D eigenvalue weighted by Crippen LogP contribution is 2.28. The van der Waals surface area contributed by atoms with Crippen LogP contribution in [0.25, 0.3) is 0 Å². The Morgan fingerprint density at radius 2 is 1.88 bits per heavy atom. The Kier molecular flexibility index (Phi) is 4.34. The largest absolute Gasteiger partial charge is 0.370 e. The summed E-state index contributed by atoms with van der Waals surface area (Å²) in [5.74, 6) is 0.242. The number of benzene rings is 1. The minimum atomic E-state index is -0.138. The maximum atomic E-state index is 6.08. The predicted molar refractivity (Wildman–Crippen MR) is 72.6 cm³/mol. The highest BCUT2D eigenvalue weighted by Gasteiger charge is 2.04. The van der Waals surface area contributed by atoms with E-state index < -0.39 is 0 Å². The van der Waals surface area contributed by atoms with Crippen molar-refractivity contribution in [1.29, 1.82) is 0 Å². The first-order valence-corrected chi connectivity index (χ1v) is 5.51. The molecule has 0 aliphatic rings. The fourth-order valence-electron chi connectivity index (χ4n) is 1.25. The molecule has 17 heavy (non-hydrogen) atoms. The van der Waals surface area contributed by atoms with Gasteiger partial charge in [-0.05, 0) is 23.6 Å². The second-order valence-corrected chi connectivity index (χ2v) is 4.28. The Bertz CT molecular complexity index is 461. The van der Waals surface area contributed by atoms with E-state index in [2.05, 4.69) is 23.8 Å². The summed E-state index contributed by atoms with van der Waals surface area (Å²) >= 11 is 6.08. The average molecular weight is 254 g/mol. The smallest absolute Gasteiger partial charge is 0.223 e. The van der Waals surface area contributed by atoms with Crippen molar-refractivity contribution in [3.63, 3.8) is 0 Å². The molecule has 1 rings (SSSR count). The number of nitrogens with zero attached hydrogens (tertiary/aromatic N) is 2. The Balaban J connectivity index is 3.05. The number of rotatable bonds is 2. The van der Waals surface area contributed by atoms with Crippen LogP contribution >= 0.6 is 11.6 Å². The van der Waals surface area contributed by atoms with E-state index in [1.807, 2.05) is 12.1 Å². The first-order valence-electron chi connectivity index (χ1n) is 5.13. The molecule has 0 saturated heterocycles. The molecule has 6 N–H and O–H groups in total. The Morgan fingerprint density at radius 1 is 1.24 bits per heavy atom. The molecule has 0 radical (unpaired) electrons. The third-order valence-corrected chi connectivity index (χ3v) is 2.42. The van der Waals surface area contributed by atoms with Gasteiger partial charge in [-0.2, -0.15) is 4.99 Å². The second kappa shape index (κ2) is 5.54. The Hall–Kier alpha value is -1.75. The molecule has 6 heteroatoms. The zero-order valence-electron chi connectivity index (χ0n) is 9.81. The topological polar surface area (TPSA) is 103 Å². The van der Waals surface area contributed by atoms with E-state index in [-0.39, 0.29) is 11.9 Å². The zero-order chi connectivity index (χ0) is 13.0. The number of hydrogen-bond acceptors (Lipinski definition) is 1. The molecule has 0 aliphatic carbocycles. The molecule has 5 nitrogen and oxygen atoms in total. The molecule has 0 fully saturated rings. The molecule has 0 heterocycles. The van der Waals surface area contributed by atoms with Crippen LogP contribution in [0.2, 0.25) is 5.02 Å². The number of aliphatic imine (C=N–C) groups is 2. The van der Waals surface area contributed by atoms with Crippen molar-refractivity contribution in [2.75, 3.05) is 0 Å². The van der Waals surface area contributed by atoms with Crippen LogP contribution in [0.4, 0.5) is 5.69 Å². The van der Waals surface area contributed by atoms with Crippen molar-refractivity contribution in [2.45, 2.75) is 19.8 Å². The first kappa shape index (κ1) is 13.3. The van der Waals surface area contributed by atoms with Gasteiger partial charge in [0.2, 0.25) is 5.96 Å². The van der Waals surface area contributed by atoms with Crippen LogP contribution in [-0.4, -0.2) is 11.9 Å². The van der Waals surface area contributed by atoms with Crippen LogP contribution in [0, 0.1) is 0 Å². The molecule has 0 aliphatic heterocycles. The van der Waals surface area contributed by atoms with Gasteiger partial charge in [0.15, 0.2) is 5.96 Å². The SMILES string of the molecule is CC(C)c1ccc(N=C(N)N=C(N)N)c(Cl)c1. The Labute approximate surface area is 105 Å². The van der Waals surface area contributed by atoms with Gasteiger partial charge < -0.3 is 17.2 Å². The lowest BCUT2D eigenvalue weighted by Gasteiger charge is -2.07. The van der Waals surface area contributed by atoms with Crippen LogP contribution in [0.3, 0.4) is 0 Å². The maximum Gasteiger partial charge on any atom is 0.223 e. The van der Waals surface area contributed by atoms with Gasteiger partial charge in [0.25, 0.3) is 0 Å². The number of hydrogen-bond donors (Lipinski definition) is 3. The van der Waals surface area contributed by atoms with E-state index in [0.29, 0.717) is 16.6 Å². The van der Waals surface area contributed by atoms with E-state index in [4.69, 9.17) is 28.8 Å². The fraction of sp³-hybridized carbons (Fsp3) is 0.273. The van der Waals surface area contributed by atoms with Crippen molar-refractivity contribution < 1.29 is 0 Å². The van der Waals surface area contributed by atoms with Crippen LogP contribution in [0.5, 0.6) is 0 Å². The van der Waals surface area contributed by atoms with E-state index in [1.165, 1.54) is 0 Å². The summed E-state index contributed by atoms with van der Waals surface area (Å²) in [6, 6.07) is 5.58. The highest BCUT2D eigenvalue weighted by molar-refractivity contribution is 6.33. The molecule has 0 bridgehead atoms. The second-order valence-electron chi connectivity index (χ2n) is 3.87. The Morgan fingerprint density at radius 3 is 2.35 bits per heavy atom. The van der Waals surface area contributed by atoms with Crippen molar-refractivity contribution in [2.24, 2.45) is 27.2 Å². The van der Waals surface area contributed by atoms with E-state index in [0.717, 1.165) is 5.56 Å². The third-order valence-electron chi connectivity index (χ3n) is 2.12. The summed E-state index contributed by atoms with van der Waals surface area (Å²) < 4.78 is 0. The molecular weight excluding hydrogens is 238 g/mol. The maximum absolute atomic E-state index is 6.08. The number of halogens is 1. The minimum absolute atomic E-state index is 0.0239. The normalized spacial score (nSPS) is 11.6. The lowest BCUT2D eigenvalue weighted by atomic mass is 10.0. The van der Waals surface area contributed by atoms with Gasteiger partial charge in [0.05, 0.1) is 10.7 Å². The van der Waals surface area contributed by atoms with Gasteiger partial charge in [-0.25, -0.2) is 4.99 Å². The van der Waals surface area contributed by atoms with Gasteiger partial charge in [0.1, 0.15) is 0 Å². The van der Waals surface area contributed by atoms with Crippen molar-refractivity contribution in [3.8, 4) is 0 Å². The van der Waals surface area contributed by atoms with Gasteiger partial charge in [0, 0.05) is 0 Å². The summed E-state index contributed by atoms with van der Waals surface area (Å²) in [6.45, 7) is 4.17. The van der Waals surface area contributed by atoms with Crippen LogP contribution < -0.4 is 17.2 Å². The van der Waals surface area contributed by atoms with Gasteiger partial charge in [-0.3, -0.25) is 0 Å². The molecule has 0 aromatic heterocycles. The number of guanidine groups is 2. The molecular formula is C11H16ClN5. The van der Waals surface area contributed by atoms with Gasteiger partial charge in [-0.15, -0.1) is 0 Å². The molecule has 0 atom stereocenters. The van der Waals surface area contributed by atoms with Crippen LogP contribution in [-0.2, 0) is 0 Å². The fourth-order valence-corrected chi connectivity index (χ4v) is 1.48. The quantitative estimate of drug-likeness (QED) is 0.552. The average Bonchev–Trinajstić information content (AvgIpc) is 2.19. The predicted octanol–water partition coefficient (Wildman–Crippen LogP) is 1.68. The first-order chi connectivity index (χ1) is 7.90. The monoisotopic (exact) mass is 253 g/mol. The summed E-state index contributed by atoms with van der Waals surface area (Å²) in [7, 11) is 0. The zero-order valence-corrected chi connectivity index (χ0v) is 10.6. The van der Waals surface area contributed by atoms with Gasteiger partial charge >= 0.3 is 0 Å². The minimum Gasteiger partial charge on any atom is -0.370 e. The standard InChI is InChI=1S/C11H16ClN5/c1-6(2)7-3-4-9(8(12)5-7)16-11(15)17-10(13)14/h3-6H,1-2H3,(H6,13,14,15,16,17). The lowest BCUT2D eigenvalue weighted by molar-refractivity contribution is 0.867. The van der Waals surface area contributed by atoms with E-state index >= 15 is 0 Å². The van der Waals surface area contributed by atoms with E-state index in [9.17, 15) is 0 Å². The summed E-state index contributed by atoms with van der Waals surface area (Å²) in [6.07, 6.45) is 0. The summed E-state index contributed by atoms with van der Waals surface area (Å²) in [5.41, 5.74) is 17.6. The number of nitrogens with two attached hydrogens (primary N) is 3. The van der Waals surface area contributed by atoms with Crippen molar-refractivity contribution >= 4 is 29.2 Å². The van der Waals surface area contributed by atoms with Crippen LogP contribution in [0.15, 0.2) is 28.2 Å². The molecule has 92 valence electrons. The van der Waals surface area contributed by atoms with Crippen molar-refractivity contribution in [1.82, 2.24) is 0 Å². The lowest BCUT2D eigenvalue weighted by Crippen LogP contribution is -2.26. The molecule has 0 amide bonds. The molecule has 1 aromatic rings. The molecule has 0 unspecified atom stereocenters. The highest BCUT2D eigenvalue weighted by atomic mass is 35.5. The summed E-state index contributed by atoms with van der Waals surface area (Å²) in [4.78, 5) is 7.63.